The molecule has 2 heterocycles. The predicted molar refractivity (Wildman–Crippen MR) is 115 cm³/mol. The van der Waals surface area contributed by atoms with Gasteiger partial charge in [0.2, 0.25) is 0 Å². The van der Waals surface area contributed by atoms with Crippen molar-refractivity contribution in [2.75, 3.05) is 57.2 Å². The Balaban J connectivity index is 1.36. The molecule has 0 aliphatic carbocycles. The maximum atomic E-state index is 5.52. The number of rotatable bonds is 6. The average Bonchev–Trinajstić information content (AvgIpc) is 3.06. The highest BCUT2D eigenvalue weighted by Gasteiger charge is 2.31. The van der Waals surface area contributed by atoms with Crippen molar-refractivity contribution in [2.24, 2.45) is 0 Å². The first-order chi connectivity index (χ1) is 13.7. The molecule has 2 aromatic carbocycles. The van der Waals surface area contributed by atoms with Crippen LogP contribution < -0.4 is 19.7 Å². The van der Waals surface area contributed by atoms with E-state index in [1.165, 1.54) is 16.9 Å². The van der Waals surface area contributed by atoms with E-state index in [4.69, 9.17) is 9.47 Å². The van der Waals surface area contributed by atoms with Crippen LogP contribution in [0, 0.1) is 0 Å². The number of hydrogen-bond donors (Lipinski definition) is 1. The first kappa shape index (κ1) is 18.9. The number of nitrogens with zero attached hydrogens (tertiary/aromatic N) is 2. The van der Waals surface area contributed by atoms with Gasteiger partial charge >= 0.3 is 0 Å². The van der Waals surface area contributed by atoms with Crippen LogP contribution in [0.1, 0.15) is 24.8 Å². The van der Waals surface area contributed by atoms with Crippen molar-refractivity contribution < 1.29 is 9.47 Å². The van der Waals surface area contributed by atoms with Gasteiger partial charge in [-0.05, 0) is 43.7 Å². The van der Waals surface area contributed by atoms with E-state index in [1.807, 2.05) is 0 Å². The average molecular weight is 382 g/mol. The molecule has 150 valence electrons. The van der Waals surface area contributed by atoms with E-state index in [1.54, 1.807) is 14.2 Å². The molecule has 0 spiro atoms. The SMILES string of the molecule is COc1cc2c(cc1OC)C(CCN1CCN(c3ccccc3)CC1)C(C)N2. The smallest absolute Gasteiger partial charge is 0.162 e. The zero-order valence-corrected chi connectivity index (χ0v) is 17.1. The molecule has 0 bridgehead atoms. The van der Waals surface area contributed by atoms with Gasteiger partial charge in [0.05, 0.1) is 14.2 Å². The number of benzene rings is 2. The maximum Gasteiger partial charge on any atom is 0.162 e. The summed E-state index contributed by atoms with van der Waals surface area (Å²) in [5, 5.41) is 3.63. The Labute approximate surface area is 168 Å². The number of hydrogen-bond acceptors (Lipinski definition) is 5. The van der Waals surface area contributed by atoms with Crippen molar-refractivity contribution in [3.05, 3.63) is 48.0 Å². The van der Waals surface area contributed by atoms with Gasteiger partial charge < -0.3 is 19.7 Å². The van der Waals surface area contributed by atoms with Gasteiger partial charge in [-0.1, -0.05) is 18.2 Å². The van der Waals surface area contributed by atoms with Crippen LogP contribution in [0.5, 0.6) is 11.5 Å². The molecule has 2 aromatic rings. The van der Waals surface area contributed by atoms with Crippen molar-refractivity contribution in [1.29, 1.82) is 0 Å². The Kier molecular flexibility index (Phi) is 5.62. The largest absolute Gasteiger partial charge is 0.493 e. The van der Waals surface area contributed by atoms with E-state index in [9.17, 15) is 0 Å². The summed E-state index contributed by atoms with van der Waals surface area (Å²) in [5.41, 5.74) is 3.88. The van der Waals surface area contributed by atoms with Gasteiger partial charge in [0.25, 0.3) is 0 Å². The molecule has 2 unspecified atom stereocenters. The molecule has 2 aliphatic rings. The van der Waals surface area contributed by atoms with E-state index < -0.39 is 0 Å². The fourth-order valence-electron chi connectivity index (χ4n) is 4.54. The second kappa shape index (κ2) is 8.31. The highest BCUT2D eigenvalue weighted by atomic mass is 16.5. The van der Waals surface area contributed by atoms with Crippen LogP contribution in [-0.4, -0.2) is 57.9 Å². The summed E-state index contributed by atoms with van der Waals surface area (Å²) in [6, 6.07) is 15.4. The molecule has 28 heavy (non-hydrogen) atoms. The van der Waals surface area contributed by atoms with E-state index in [-0.39, 0.29) is 0 Å². The zero-order chi connectivity index (χ0) is 19.5. The number of anilines is 2. The Morgan fingerprint density at radius 2 is 1.64 bits per heavy atom. The number of para-hydroxylation sites is 1. The highest BCUT2D eigenvalue weighted by molar-refractivity contribution is 5.66. The quantitative estimate of drug-likeness (QED) is 0.823. The summed E-state index contributed by atoms with van der Waals surface area (Å²) < 4.78 is 11.0. The van der Waals surface area contributed by atoms with Gasteiger partial charge in [-0.15, -0.1) is 0 Å². The predicted octanol–water partition coefficient (Wildman–Crippen LogP) is 3.81. The summed E-state index contributed by atoms with van der Waals surface area (Å²) in [7, 11) is 3.40. The van der Waals surface area contributed by atoms with Gasteiger partial charge in [-0.3, -0.25) is 4.90 Å². The Morgan fingerprint density at radius 1 is 0.964 bits per heavy atom. The molecule has 1 N–H and O–H groups in total. The first-order valence-corrected chi connectivity index (χ1v) is 10.2. The minimum atomic E-state index is 0.428. The summed E-state index contributed by atoms with van der Waals surface area (Å²) in [4.78, 5) is 5.09. The van der Waals surface area contributed by atoms with Crippen molar-refractivity contribution in [2.45, 2.75) is 25.3 Å². The molecular formula is C23H31N3O2. The van der Waals surface area contributed by atoms with Crippen LogP contribution in [0.4, 0.5) is 11.4 Å². The van der Waals surface area contributed by atoms with Crippen molar-refractivity contribution in [3.63, 3.8) is 0 Å². The summed E-state index contributed by atoms with van der Waals surface area (Å²) in [5.74, 6) is 2.11. The zero-order valence-electron chi connectivity index (χ0n) is 17.1. The van der Waals surface area contributed by atoms with Gasteiger partial charge in [0.1, 0.15) is 0 Å². The van der Waals surface area contributed by atoms with Crippen LogP contribution in [-0.2, 0) is 0 Å². The molecule has 2 aliphatic heterocycles. The van der Waals surface area contributed by atoms with Crippen LogP contribution in [0.2, 0.25) is 0 Å². The van der Waals surface area contributed by atoms with Crippen molar-refractivity contribution in [3.8, 4) is 11.5 Å². The third-order valence-electron chi connectivity index (χ3n) is 6.19. The lowest BCUT2D eigenvalue weighted by Gasteiger charge is -2.36. The third kappa shape index (κ3) is 3.76. The number of piperazine rings is 1. The Hall–Kier alpha value is -2.40. The number of methoxy groups -OCH3 is 2. The van der Waals surface area contributed by atoms with E-state index in [2.05, 4.69) is 64.5 Å². The van der Waals surface area contributed by atoms with Crippen LogP contribution in [0.15, 0.2) is 42.5 Å². The monoisotopic (exact) mass is 381 g/mol. The summed E-state index contributed by atoms with van der Waals surface area (Å²) >= 11 is 0. The lowest BCUT2D eigenvalue weighted by atomic mass is 9.92. The van der Waals surface area contributed by atoms with Crippen molar-refractivity contribution >= 4 is 11.4 Å². The van der Waals surface area contributed by atoms with Gasteiger partial charge in [0.15, 0.2) is 11.5 Å². The normalized spacial score (nSPS) is 21.9. The fraction of sp³-hybridized carbons (Fsp3) is 0.478. The fourth-order valence-corrected chi connectivity index (χ4v) is 4.54. The molecule has 1 saturated heterocycles. The van der Waals surface area contributed by atoms with E-state index in [0.717, 1.165) is 50.6 Å². The van der Waals surface area contributed by atoms with Crippen molar-refractivity contribution in [1.82, 2.24) is 4.90 Å². The van der Waals surface area contributed by atoms with E-state index in [0.29, 0.717) is 12.0 Å². The molecule has 0 saturated carbocycles. The molecule has 4 rings (SSSR count). The number of fused-ring (bicyclic) bond motifs is 1. The summed E-state index contributed by atoms with van der Waals surface area (Å²) in [6.45, 7) is 7.86. The molecule has 5 heteroatoms. The second-order valence-corrected chi connectivity index (χ2v) is 7.79. The maximum absolute atomic E-state index is 5.52. The van der Waals surface area contributed by atoms with Gasteiger partial charge in [-0.25, -0.2) is 0 Å². The molecule has 2 atom stereocenters. The summed E-state index contributed by atoms with van der Waals surface area (Å²) in [6.07, 6.45) is 1.15. The third-order valence-corrected chi connectivity index (χ3v) is 6.19. The molecule has 1 fully saturated rings. The molecule has 0 amide bonds. The van der Waals surface area contributed by atoms with Crippen LogP contribution >= 0.6 is 0 Å². The number of ether oxygens (including phenoxy) is 2. The van der Waals surface area contributed by atoms with E-state index >= 15 is 0 Å². The lowest BCUT2D eigenvalue weighted by Crippen LogP contribution is -2.47. The Morgan fingerprint density at radius 3 is 2.32 bits per heavy atom. The molecular weight excluding hydrogens is 350 g/mol. The molecule has 5 nitrogen and oxygen atoms in total. The lowest BCUT2D eigenvalue weighted by molar-refractivity contribution is 0.247. The molecule has 0 radical (unpaired) electrons. The first-order valence-electron chi connectivity index (χ1n) is 10.2. The Bertz CT molecular complexity index is 788. The minimum absolute atomic E-state index is 0.428. The van der Waals surface area contributed by atoms with Crippen LogP contribution in [0.3, 0.4) is 0 Å². The second-order valence-electron chi connectivity index (χ2n) is 7.79. The minimum Gasteiger partial charge on any atom is -0.493 e. The molecule has 0 aromatic heterocycles. The van der Waals surface area contributed by atoms with Gasteiger partial charge in [-0.2, -0.15) is 0 Å². The van der Waals surface area contributed by atoms with Crippen LogP contribution in [0.25, 0.3) is 0 Å². The van der Waals surface area contributed by atoms with Gasteiger partial charge in [0, 0.05) is 55.6 Å². The standard InChI is InChI=1S/C23H31N3O2/c1-17-19(20-15-22(27-2)23(28-3)16-21(20)24-17)9-10-25-11-13-26(14-12-25)18-7-5-4-6-8-18/h4-8,15-17,19,24H,9-14H2,1-3H3. The topological polar surface area (TPSA) is 37.0 Å². The highest BCUT2D eigenvalue weighted by Crippen LogP contribution is 2.44. The number of nitrogens with one attached hydrogen (secondary N) is 1.